The molecule has 1 aromatic carbocycles. The Morgan fingerprint density at radius 2 is 1.95 bits per heavy atom. The molecule has 0 radical (unpaired) electrons. The van der Waals surface area contributed by atoms with E-state index in [9.17, 15) is 9.59 Å². The zero-order valence-corrected chi connectivity index (χ0v) is 13.7. The van der Waals surface area contributed by atoms with Gasteiger partial charge in [0.25, 0.3) is 5.91 Å². The van der Waals surface area contributed by atoms with Gasteiger partial charge in [0.1, 0.15) is 5.56 Å². The highest BCUT2D eigenvalue weighted by molar-refractivity contribution is 9.10. The van der Waals surface area contributed by atoms with Gasteiger partial charge < -0.3 is 10.3 Å². The molecular weight excluding hydrogens is 332 g/mol. The third-order valence-electron chi connectivity index (χ3n) is 3.28. The number of hydrogen-bond donors (Lipinski definition) is 2. The second-order valence-corrected chi connectivity index (χ2v) is 6.31. The van der Waals surface area contributed by atoms with Crippen LogP contribution in [0.15, 0.2) is 45.8 Å². The van der Waals surface area contributed by atoms with Crippen molar-refractivity contribution in [3.63, 3.8) is 0 Å². The van der Waals surface area contributed by atoms with Gasteiger partial charge in [-0.1, -0.05) is 34.1 Å². The fourth-order valence-electron chi connectivity index (χ4n) is 2.14. The van der Waals surface area contributed by atoms with Crippen LogP contribution in [0.5, 0.6) is 0 Å². The first-order valence-corrected chi connectivity index (χ1v) is 7.37. The maximum atomic E-state index is 12.3. The first-order valence-electron chi connectivity index (χ1n) is 6.58. The van der Waals surface area contributed by atoms with Crippen molar-refractivity contribution in [3.05, 3.63) is 68.0 Å². The molecular formula is C16H17BrN2O2. The fourth-order valence-corrected chi connectivity index (χ4v) is 2.92. The summed E-state index contributed by atoms with van der Waals surface area (Å²) in [6.07, 6.45) is 1.45. The highest BCUT2D eigenvalue weighted by atomic mass is 79.9. The van der Waals surface area contributed by atoms with Crippen molar-refractivity contribution >= 4 is 21.8 Å². The molecule has 5 heteroatoms. The number of benzene rings is 1. The minimum Gasteiger partial charge on any atom is -0.364 e. The van der Waals surface area contributed by atoms with E-state index in [-0.39, 0.29) is 11.0 Å². The number of hydrogen-bond acceptors (Lipinski definition) is 2. The minimum atomic E-state index is -0.603. The number of aromatic nitrogens is 1. The summed E-state index contributed by atoms with van der Waals surface area (Å²) in [4.78, 5) is 27.1. The van der Waals surface area contributed by atoms with E-state index in [1.165, 1.54) is 12.3 Å². The van der Waals surface area contributed by atoms with Crippen molar-refractivity contribution in [2.24, 2.45) is 0 Å². The molecule has 1 amide bonds. The average molecular weight is 349 g/mol. The summed E-state index contributed by atoms with van der Waals surface area (Å²) < 4.78 is 0.910. The van der Waals surface area contributed by atoms with Crippen molar-refractivity contribution in [2.75, 3.05) is 0 Å². The fraction of sp³-hybridized carbons (Fsp3) is 0.250. The first kappa shape index (κ1) is 15.5. The summed E-state index contributed by atoms with van der Waals surface area (Å²) in [5, 5.41) is 2.90. The molecule has 0 fully saturated rings. The molecule has 0 saturated heterocycles. The Hall–Kier alpha value is -1.88. The minimum absolute atomic E-state index is 0.112. The highest BCUT2D eigenvalue weighted by Gasteiger charge is 2.26. The summed E-state index contributed by atoms with van der Waals surface area (Å²) in [5.41, 5.74) is 0.894. The third-order valence-corrected chi connectivity index (χ3v) is 3.97. The standard InChI is InChI=1S/C16H17BrN2O2/c1-10-8-14(20)11(9-18-10)15(21)19-16(2,3)12-6-4-5-7-13(12)17/h4-9H,1-3H3,(H,18,20)(H,19,21). The molecule has 0 spiro atoms. The molecule has 0 aliphatic carbocycles. The van der Waals surface area contributed by atoms with Crippen LogP contribution in [0, 0.1) is 6.92 Å². The Labute approximate surface area is 131 Å². The zero-order valence-electron chi connectivity index (χ0n) is 12.2. The Morgan fingerprint density at radius 1 is 1.29 bits per heavy atom. The lowest BCUT2D eigenvalue weighted by molar-refractivity contribution is 0.0910. The quantitative estimate of drug-likeness (QED) is 0.895. The lowest BCUT2D eigenvalue weighted by atomic mass is 9.94. The van der Waals surface area contributed by atoms with Crippen LogP contribution in [0.1, 0.15) is 35.5 Å². The molecule has 0 bridgehead atoms. The van der Waals surface area contributed by atoms with Crippen LogP contribution < -0.4 is 10.7 Å². The topological polar surface area (TPSA) is 62.0 Å². The Kier molecular flexibility index (Phi) is 4.32. The van der Waals surface area contributed by atoms with Crippen molar-refractivity contribution < 1.29 is 4.79 Å². The molecule has 2 N–H and O–H groups in total. The van der Waals surface area contributed by atoms with Gasteiger partial charge in [-0.25, -0.2) is 0 Å². The third kappa shape index (κ3) is 3.42. The number of carbonyl (C=O) groups excluding carboxylic acids is 1. The van der Waals surface area contributed by atoms with Gasteiger partial charge in [0.05, 0.1) is 5.54 Å². The number of carbonyl (C=O) groups is 1. The summed E-state index contributed by atoms with van der Waals surface area (Å²) in [6.45, 7) is 5.56. The molecule has 0 aliphatic heterocycles. The average Bonchev–Trinajstić information content (AvgIpc) is 2.38. The lowest BCUT2D eigenvalue weighted by Crippen LogP contribution is -2.42. The number of halogens is 1. The molecule has 110 valence electrons. The van der Waals surface area contributed by atoms with Crippen molar-refractivity contribution in [1.82, 2.24) is 10.3 Å². The normalized spacial score (nSPS) is 11.2. The van der Waals surface area contributed by atoms with E-state index in [1.807, 2.05) is 38.1 Å². The van der Waals surface area contributed by atoms with Gasteiger partial charge in [-0.3, -0.25) is 9.59 Å². The van der Waals surface area contributed by atoms with Crippen LogP contribution in [-0.2, 0) is 5.54 Å². The van der Waals surface area contributed by atoms with Gasteiger partial charge in [-0.15, -0.1) is 0 Å². The molecule has 4 nitrogen and oxygen atoms in total. The van der Waals surface area contributed by atoms with Crippen LogP contribution >= 0.6 is 15.9 Å². The molecule has 21 heavy (non-hydrogen) atoms. The number of aromatic amines is 1. The van der Waals surface area contributed by atoms with Crippen LogP contribution in [0.3, 0.4) is 0 Å². The molecule has 1 aromatic heterocycles. The van der Waals surface area contributed by atoms with Gasteiger partial charge >= 0.3 is 0 Å². The smallest absolute Gasteiger partial charge is 0.257 e. The van der Waals surface area contributed by atoms with Crippen LogP contribution in [-0.4, -0.2) is 10.9 Å². The van der Waals surface area contributed by atoms with Gasteiger partial charge in [0.2, 0.25) is 0 Å². The van der Waals surface area contributed by atoms with Gasteiger partial charge in [0, 0.05) is 22.4 Å². The Balaban J connectivity index is 2.30. The van der Waals surface area contributed by atoms with E-state index in [4.69, 9.17) is 0 Å². The summed E-state index contributed by atoms with van der Waals surface area (Å²) in [5.74, 6) is -0.392. The molecule has 0 aliphatic rings. The van der Waals surface area contributed by atoms with Crippen LogP contribution in [0.4, 0.5) is 0 Å². The number of H-pyrrole nitrogens is 1. The van der Waals surface area contributed by atoms with Gasteiger partial charge in [0.15, 0.2) is 5.43 Å². The first-order chi connectivity index (χ1) is 9.81. The lowest BCUT2D eigenvalue weighted by Gasteiger charge is -2.28. The van der Waals surface area contributed by atoms with E-state index in [0.29, 0.717) is 0 Å². The maximum absolute atomic E-state index is 12.3. The van der Waals surface area contributed by atoms with Crippen molar-refractivity contribution in [3.8, 4) is 0 Å². The Morgan fingerprint density at radius 3 is 2.57 bits per heavy atom. The van der Waals surface area contributed by atoms with E-state index < -0.39 is 11.4 Å². The summed E-state index contributed by atoms with van der Waals surface area (Å²) in [7, 11) is 0. The number of rotatable bonds is 3. The second-order valence-electron chi connectivity index (χ2n) is 5.45. The van der Waals surface area contributed by atoms with E-state index in [1.54, 1.807) is 6.92 Å². The molecule has 2 aromatic rings. The second kappa shape index (κ2) is 5.85. The number of amides is 1. The summed E-state index contributed by atoms with van der Waals surface area (Å²) >= 11 is 3.48. The molecule has 2 rings (SSSR count). The van der Waals surface area contributed by atoms with Gasteiger partial charge in [-0.05, 0) is 32.4 Å². The van der Waals surface area contributed by atoms with Crippen molar-refractivity contribution in [1.29, 1.82) is 0 Å². The van der Waals surface area contributed by atoms with E-state index >= 15 is 0 Å². The predicted octanol–water partition coefficient (Wildman–Crippen LogP) is 3.11. The van der Waals surface area contributed by atoms with Crippen LogP contribution in [0.2, 0.25) is 0 Å². The maximum Gasteiger partial charge on any atom is 0.257 e. The van der Waals surface area contributed by atoms with Crippen molar-refractivity contribution in [2.45, 2.75) is 26.3 Å². The van der Waals surface area contributed by atoms with E-state index in [0.717, 1.165) is 15.7 Å². The SMILES string of the molecule is Cc1cc(=O)c(C(=O)NC(C)(C)c2ccccc2Br)c[nH]1. The summed E-state index contributed by atoms with van der Waals surface area (Å²) in [6, 6.07) is 9.09. The molecule has 0 unspecified atom stereocenters. The largest absolute Gasteiger partial charge is 0.364 e. The molecule has 1 heterocycles. The number of aryl methyl sites for hydroxylation is 1. The monoisotopic (exact) mass is 348 g/mol. The highest BCUT2D eigenvalue weighted by Crippen LogP contribution is 2.27. The zero-order chi connectivity index (χ0) is 15.6. The number of pyridine rings is 1. The predicted molar refractivity (Wildman–Crippen MR) is 86.4 cm³/mol. The van der Waals surface area contributed by atoms with Crippen LogP contribution in [0.25, 0.3) is 0 Å². The van der Waals surface area contributed by atoms with E-state index in [2.05, 4.69) is 26.2 Å². The van der Waals surface area contributed by atoms with Gasteiger partial charge in [-0.2, -0.15) is 0 Å². The molecule has 0 atom stereocenters. The number of nitrogens with one attached hydrogen (secondary N) is 2. The molecule has 0 saturated carbocycles. The Bertz CT molecular complexity index is 735.